The van der Waals surface area contributed by atoms with Crippen LogP contribution in [0, 0.1) is 0 Å². The Balaban J connectivity index is 1.58. The van der Waals surface area contributed by atoms with Gasteiger partial charge in [-0.2, -0.15) is 0 Å². The van der Waals surface area contributed by atoms with E-state index < -0.39 is 0 Å². The first-order valence-electron chi connectivity index (χ1n) is 11.2. The highest BCUT2D eigenvalue weighted by molar-refractivity contribution is 8.05. The van der Waals surface area contributed by atoms with E-state index >= 15 is 0 Å². The molecular weight excluding hydrogens is 320 g/mol. The van der Waals surface area contributed by atoms with Gasteiger partial charge in [-0.25, -0.2) is 0 Å². The topological polar surface area (TPSA) is 0 Å². The first-order chi connectivity index (χ1) is 12.4. The lowest BCUT2D eigenvalue weighted by molar-refractivity contribution is 0.555. The number of hydrogen-bond donors (Lipinski definition) is 0. The molecule has 0 spiro atoms. The Morgan fingerprint density at radius 3 is 1.76 bits per heavy atom. The molecule has 1 aromatic carbocycles. The van der Waals surface area contributed by atoms with E-state index in [-0.39, 0.29) is 0 Å². The van der Waals surface area contributed by atoms with E-state index in [1.54, 1.807) is 20.9 Å². The van der Waals surface area contributed by atoms with Crippen LogP contribution in [0.15, 0.2) is 21.9 Å². The minimum atomic E-state index is 1.31. The molecule has 25 heavy (non-hydrogen) atoms. The minimum Gasteiger partial charge on any atom is -0.0874 e. The third-order valence-electron chi connectivity index (χ3n) is 5.57. The van der Waals surface area contributed by atoms with Crippen LogP contribution in [0.4, 0.5) is 0 Å². The molecule has 0 fully saturated rings. The van der Waals surface area contributed by atoms with E-state index in [0.29, 0.717) is 0 Å². The Bertz CT molecular complexity index is 477. The van der Waals surface area contributed by atoms with E-state index in [1.165, 1.54) is 103 Å². The molecule has 0 aromatic heterocycles. The third-order valence-corrected chi connectivity index (χ3v) is 6.60. The van der Waals surface area contributed by atoms with Crippen molar-refractivity contribution in [1.29, 1.82) is 0 Å². The third kappa shape index (κ3) is 8.20. The summed E-state index contributed by atoms with van der Waals surface area (Å²) in [5.74, 6) is 0. The van der Waals surface area contributed by atoms with Gasteiger partial charge in [0, 0.05) is 9.79 Å². The minimum absolute atomic E-state index is 1.31. The quantitative estimate of drug-likeness (QED) is 0.213. The molecule has 0 amide bonds. The van der Waals surface area contributed by atoms with Gasteiger partial charge in [0.2, 0.25) is 0 Å². The monoisotopic (exact) mass is 360 g/mol. The molecule has 0 N–H and O–H groups in total. The molecule has 1 aliphatic heterocycles. The smallest absolute Gasteiger partial charge is 0.0297 e. The van der Waals surface area contributed by atoms with Crippen molar-refractivity contribution in [3.8, 4) is 0 Å². The molecule has 1 aliphatic rings. The molecule has 1 aromatic rings. The second-order valence-corrected chi connectivity index (χ2v) is 8.93. The summed E-state index contributed by atoms with van der Waals surface area (Å²) < 4.78 is 0. The maximum atomic E-state index is 2.43. The van der Waals surface area contributed by atoms with E-state index in [0.717, 1.165) is 0 Å². The normalized spacial score (nSPS) is 12.4. The highest BCUT2D eigenvalue weighted by Gasteiger charge is 2.24. The van der Waals surface area contributed by atoms with Crippen LogP contribution >= 0.6 is 11.8 Å². The summed E-state index contributed by atoms with van der Waals surface area (Å²) in [5, 5.41) is 0. The maximum absolute atomic E-state index is 2.43. The van der Waals surface area contributed by atoms with Crippen molar-refractivity contribution < 1.29 is 0 Å². The average molecular weight is 361 g/mol. The van der Waals surface area contributed by atoms with Gasteiger partial charge in [0.25, 0.3) is 0 Å². The predicted molar refractivity (Wildman–Crippen MR) is 114 cm³/mol. The molecule has 0 saturated heterocycles. The van der Waals surface area contributed by atoms with Crippen LogP contribution in [0.2, 0.25) is 0 Å². The van der Waals surface area contributed by atoms with Crippen molar-refractivity contribution >= 4 is 11.8 Å². The number of hydrogen-bond acceptors (Lipinski definition) is 1. The summed E-state index contributed by atoms with van der Waals surface area (Å²) >= 11 is 2.02. The molecule has 1 heteroatoms. The zero-order valence-corrected chi connectivity index (χ0v) is 17.7. The summed E-state index contributed by atoms with van der Waals surface area (Å²) in [6, 6.07) is 4.79. The lowest BCUT2D eigenvalue weighted by Crippen LogP contribution is -1.95. The molecule has 0 bridgehead atoms. The maximum Gasteiger partial charge on any atom is 0.0297 e. The summed E-state index contributed by atoms with van der Waals surface area (Å²) in [5.41, 5.74) is 3.38. The van der Waals surface area contributed by atoms with E-state index in [1.807, 2.05) is 11.8 Å². The number of unbranched alkanes of at least 4 members (excludes halogenated alkanes) is 12. The van der Waals surface area contributed by atoms with Gasteiger partial charge in [0.05, 0.1) is 0 Å². The van der Waals surface area contributed by atoms with Gasteiger partial charge in [-0.3, -0.25) is 0 Å². The van der Waals surface area contributed by atoms with Crippen molar-refractivity contribution in [1.82, 2.24) is 0 Å². The summed E-state index contributed by atoms with van der Waals surface area (Å²) in [7, 11) is 0. The lowest BCUT2D eigenvalue weighted by Gasteiger charge is -2.09. The Kier molecular flexibility index (Phi) is 10.7. The highest BCUT2D eigenvalue weighted by Crippen LogP contribution is 2.52. The van der Waals surface area contributed by atoms with Gasteiger partial charge in [0.1, 0.15) is 0 Å². The molecule has 0 nitrogen and oxygen atoms in total. The van der Waals surface area contributed by atoms with Gasteiger partial charge < -0.3 is 0 Å². The van der Waals surface area contributed by atoms with Crippen LogP contribution in [0.3, 0.4) is 0 Å². The van der Waals surface area contributed by atoms with Crippen LogP contribution in [-0.4, -0.2) is 0 Å². The van der Waals surface area contributed by atoms with Crippen LogP contribution in [-0.2, 0) is 12.8 Å². The van der Waals surface area contributed by atoms with Gasteiger partial charge in [-0.05, 0) is 42.9 Å². The Morgan fingerprint density at radius 1 is 0.600 bits per heavy atom. The SMILES string of the molecule is CCCCCCCCCCCCc1c(CCCCCC)ccc2c1S2. The molecule has 0 atom stereocenters. The number of benzene rings is 1. The molecule has 0 radical (unpaired) electrons. The molecule has 142 valence electrons. The van der Waals surface area contributed by atoms with E-state index in [2.05, 4.69) is 26.0 Å². The van der Waals surface area contributed by atoms with Crippen LogP contribution in [0.5, 0.6) is 0 Å². The van der Waals surface area contributed by atoms with Crippen LogP contribution in [0.1, 0.15) is 115 Å². The van der Waals surface area contributed by atoms with Gasteiger partial charge in [-0.1, -0.05) is 109 Å². The second kappa shape index (κ2) is 12.8. The largest absolute Gasteiger partial charge is 0.0874 e. The predicted octanol–water partition coefficient (Wildman–Crippen LogP) is 8.74. The van der Waals surface area contributed by atoms with Crippen molar-refractivity contribution in [2.24, 2.45) is 0 Å². The first kappa shape index (κ1) is 20.9. The fourth-order valence-electron chi connectivity index (χ4n) is 3.87. The first-order valence-corrected chi connectivity index (χ1v) is 12.0. The average Bonchev–Trinajstić information content (AvgIpc) is 3.41. The molecule has 1 heterocycles. The summed E-state index contributed by atoms with van der Waals surface area (Å²) in [6.45, 7) is 4.60. The standard InChI is InChI=1S/C24H40S/c1-3-5-7-9-10-11-12-13-14-16-18-22-21(17-15-8-6-4-2)19-20-23-24(22)25-23/h19-20H,3-18H2,1-2H3. The number of rotatable bonds is 16. The zero-order valence-electron chi connectivity index (χ0n) is 16.9. The lowest BCUT2D eigenvalue weighted by atomic mass is 9.96. The van der Waals surface area contributed by atoms with Gasteiger partial charge in [-0.15, -0.1) is 0 Å². The summed E-state index contributed by atoms with van der Waals surface area (Å²) in [6.07, 6.45) is 22.5. The van der Waals surface area contributed by atoms with E-state index in [4.69, 9.17) is 0 Å². The number of aryl methyl sites for hydroxylation is 1. The van der Waals surface area contributed by atoms with Gasteiger partial charge in [0.15, 0.2) is 0 Å². The zero-order chi connectivity index (χ0) is 17.7. The van der Waals surface area contributed by atoms with Crippen molar-refractivity contribution in [3.05, 3.63) is 23.3 Å². The Labute approximate surface area is 161 Å². The van der Waals surface area contributed by atoms with Crippen LogP contribution in [0.25, 0.3) is 0 Å². The highest BCUT2D eigenvalue weighted by atomic mass is 32.2. The fraction of sp³-hybridized carbons (Fsp3) is 0.750. The van der Waals surface area contributed by atoms with Crippen LogP contribution < -0.4 is 0 Å². The summed E-state index contributed by atoms with van der Waals surface area (Å²) in [4.78, 5) is 3.20. The molecule has 2 rings (SSSR count). The second-order valence-electron chi connectivity index (χ2n) is 7.88. The number of fused-ring (bicyclic) bond motifs is 1. The Hall–Kier alpha value is -0.430. The Morgan fingerprint density at radius 2 is 1.12 bits per heavy atom. The molecule has 0 saturated carbocycles. The fourth-order valence-corrected chi connectivity index (χ4v) is 4.72. The van der Waals surface area contributed by atoms with Gasteiger partial charge >= 0.3 is 0 Å². The molecule has 0 aliphatic carbocycles. The van der Waals surface area contributed by atoms with Crippen molar-refractivity contribution in [2.45, 2.75) is 126 Å². The van der Waals surface area contributed by atoms with E-state index in [9.17, 15) is 0 Å². The van der Waals surface area contributed by atoms with Crippen molar-refractivity contribution in [2.75, 3.05) is 0 Å². The molecular formula is C24H40S. The molecule has 0 unspecified atom stereocenters. The van der Waals surface area contributed by atoms with Crippen molar-refractivity contribution in [3.63, 3.8) is 0 Å².